The monoisotopic (exact) mass is 421 g/mol. The van der Waals surface area contributed by atoms with E-state index in [-0.39, 0.29) is 12.2 Å². The molecule has 1 atom stereocenters. The topological polar surface area (TPSA) is 80.9 Å². The van der Waals surface area contributed by atoms with Crippen molar-refractivity contribution in [1.82, 2.24) is 4.57 Å². The second-order valence-electron chi connectivity index (χ2n) is 8.55. The van der Waals surface area contributed by atoms with Gasteiger partial charge < -0.3 is 24.3 Å². The smallest absolute Gasteiger partial charge is 0.335 e. The third kappa shape index (κ3) is 3.35. The van der Waals surface area contributed by atoms with Crippen LogP contribution >= 0.6 is 0 Å². The molecule has 2 heterocycles. The standard InChI is InChI=1S/C25H27NO5/c1-30-21-9-5-8-19-23-22(15-6-3-2-4-7-15)18-11-10-16(25(28)29)12-20(18)26(23)13-17(27)14-31-24(19)21/h5,8-12,15,17,27H,2-4,6-7,13-14H2,1H3,(H,28,29)/t17-/m0/s1. The molecule has 0 amide bonds. The quantitative estimate of drug-likeness (QED) is 0.634. The molecule has 2 N–H and O–H groups in total. The van der Waals surface area contributed by atoms with Crippen LogP contribution in [0.3, 0.4) is 0 Å². The maximum Gasteiger partial charge on any atom is 0.335 e. The van der Waals surface area contributed by atoms with Gasteiger partial charge in [0.2, 0.25) is 0 Å². The highest BCUT2D eigenvalue weighted by molar-refractivity contribution is 5.99. The van der Waals surface area contributed by atoms with Crippen molar-refractivity contribution in [2.45, 2.75) is 50.7 Å². The van der Waals surface area contributed by atoms with Crippen LogP contribution in [0.1, 0.15) is 53.9 Å². The van der Waals surface area contributed by atoms with Gasteiger partial charge in [-0.3, -0.25) is 0 Å². The maximum absolute atomic E-state index is 11.7. The van der Waals surface area contributed by atoms with E-state index < -0.39 is 12.1 Å². The van der Waals surface area contributed by atoms with Gasteiger partial charge >= 0.3 is 5.97 Å². The van der Waals surface area contributed by atoms with Crippen LogP contribution in [0.5, 0.6) is 11.5 Å². The highest BCUT2D eigenvalue weighted by Gasteiger charge is 2.31. The van der Waals surface area contributed by atoms with E-state index in [1.54, 1.807) is 19.2 Å². The number of para-hydroxylation sites is 1. The van der Waals surface area contributed by atoms with Crippen LogP contribution < -0.4 is 9.47 Å². The lowest BCUT2D eigenvalue weighted by atomic mass is 9.81. The zero-order chi connectivity index (χ0) is 21.5. The molecule has 1 fully saturated rings. The first-order valence-electron chi connectivity index (χ1n) is 11.0. The number of hydrogen-bond acceptors (Lipinski definition) is 4. The predicted molar refractivity (Wildman–Crippen MR) is 118 cm³/mol. The SMILES string of the molecule is COc1cccc2c1OC[C@@H](O)Cn1c-2c(C2CCCCC2)c2ccc(C(=O)O)cc21. The summed E-state index contributed by atoms with van der Waals surface area (Å²) in [6, 6.07) is 11.2. The second kappa shape index (κ2) is 7.93. The Morgan fingerprint density at radius 3 is 2.71 bits per heavy atom. The van der Waals surface area contributed by atoms with Gasteiger partial charge in [0.1, 0.15) is 12.7 Å². The summed E-state index contributed by atoms with van der Waals surface area (Å²) in [6.07, 6.45) is 5.12. The summed E-state index contributed by atoms with van der Waals surface area (Å²) < 4.78 is 13.7. The number of aromatic carboxylic acids is 1. The highest BCUT2D eigenvalue weighted by Crippen LogP contribution is 2.48. The lowest BCUT2D eigenvalue weighted by Gasteiger charge is -2.27. The number of benzene rings is 2. The number of fused-ring (bicyclic) bond motifs is 5. The Morgan fingerprint density at radius 1 is 1.16 bits per heavy atom. The van der Waals surface area contributed by atoms with Crippen molar-refractivity contribution in [2.24, 2.45) is 0 Å². The summed E-state index contributed by atoms with van der Waals surface area (Å²) >= 11 is 0. The Bertz CT molecular complexity index is 1140. The Kier molecular flexibility index (Phi) is 5.10. The summed E-state index contributed by atoms with van der Waals surface area (Å²) in [5, 5.41) is 21.4. The zero-order valence-electron chi connectivity index (χ0n) is 17.6. The number of carboxylic acids is 1. The molecule has 3 aromatic rings. The molecule has 0 radical (unpaired) electrons. The fraction of sp³-hybridized carbons (Fsp3) is 0.400. The van der Waals surface area contributed by atoms with Crippen molar-refractivity contribution in [2.75, 3.05) is 13.7 Å². The normalized spacial score (nSPS) is 19.1. The van der Waals surface area contributed by atoms with Crippen molar-refractivity contribution in [3.63, 3.8) is 0 Å². The molecule has 1 saturated carbocycles. The summed E-state index contributed by atoms with van der Waals surface area (Å²) in [6.45, 7) is 0.488. The zero-order valence-corrected chi connectivity index (χ0v) is 17.6. The van der Waals surface area contributed by atoms with Crippen LogP contribution in [0.25, 0.3) is 22.2 Å². The van der Waals surface area contributed by atoms with Gasteiger partial charge in [0.05, 0.1) is 24.9 Å². The third-order valence-corrected chi connectivity index (χ3v) is 6.63. The largest absolute Gasteiger partial charge is 0.493 e. The number of ether oxygens (including phenoxy) is 2. The van der Waals surface area contributed by atoms with Gasteiger partial charge in [0.25, 0.3) is 0 Å². The maximum atomic E-state index is 11.7. The average molecular weight is 421 g/mol. The fourth-order valence-corrected chi connectivity index (χ4v) is 5.25. The minimum atomic E-state index is -0.950. The molecular weight excluding hydrogens is 394 g/mol. The van der Waals surface area contributed by atoms with Crippen LogP contribution in [0.4, 0.5) is 0 Å². The van der Waals surface area contributed by atoms with Crippen LogP contribution in [-0.2, 0) is 6.54 Å². The number of nitrogens with zero attached hydrogens (tertiary/aromatic N) is 1. The van der Waals surface area contributed by atoms with Gasteiger partial charge in [0, 0.05) is 16.5 Å². The van der Waals surface area contributed by atoms with Crippen molar-refractivity contribution >= 4 is 16.9 Å². The van der Waals surface area contributed by atoms with Crippen LogP contribution in [0, 0.1) is 0 Å². The molecule has 0 unspecified atom stereocenters. The van der Waals surface area contributed by atoms with Gasteiger partial charge in [-0.05, 0) is 48.6 Å². The number of hydrogen-bond donors (Lipinski definition) is 2. The molecule has 6 nitrogen and oxygen atoms in total. The van der Waals surface area contributed by atoms with Crippen molar-refractivity contribution in [1.29, 1.82) is 0 Å². The molecule has 162 valence electrons. The van der Waals surface area contributed by atoms with E-state index in [4.69, 9.17) is 9.47 Å². The first-order valence-corrected chi connectivity index (χ1v) is 11.0. The number of aliphatic hydroxyl groups is 1. The average Bonchev–Trinajstić information content (AvgIpc) is 3.09. The van der Waals surface area contributed by atoms with E-state index in [1.165, 1.54) is 24.8 Å². The minimum Gasteiger partial charge on any atom is -0.493 e. The fourth-order valence-electron chi connectivity index (χ4n) is 5.25. The minimum absolute atomic E-state index is 0.143. The molecule has 1 aliphatic heterocycles. The van der Waals surface area contributed by atoms with E-state index in [0.717, 1.165) is 35.0 Å². The summed E-state index contributed by atoms with van der Waals surface area (Å²) in [5.74, 6) is 0.694. The Labute approximate surface area is 181 Å². The lowest BCUT2D eigenvalue weighted by molar-refractivity contribution is 0.0697. The van der Waals surface area contributed by atoms with E-state index in [0.29, 0.717) is 24.0 Å². The molecule has 0 bridgehead atoms. The molecule has 1 aromatic heterocycles. The van der Waals surface area contributed by atoms with E-state index >= 15 is 0 Å². The van der Waals surface area contributed by atoms with E-state index in [2.05, 4.69) is 4.57 Å². The number of rotatable bonds is 3. The van der Waals surface area contributed by atoms with E-state index in [9.17, 15) is 15.0 Å². The summed E-state index contributed by atoms with van der Waals surface area (Å²) in [7, 11) is 1.62. The number of aromatic nitrogens is 1. The molecule has 0 saturated heterocycles. The number of methoxy groups -OCH3 is 1. The number of carboxylic acid groups (broad SMARTS) is 1. The molecular formula is C25H27NO5. The molecule has 2 aromatic carbocycles. The Morgan fingerprint density at radius 2 is 1.97 bits per heavy atom. The first kappa shape index (κ1) is 19.9. The Balaban J connectivity index is 1.87. The first-order chi connectivity index (χ1) is 15.1. The van der Waals surface area contributed by atoms with Crippen molar-refractivity contribution in [3.8, 4) is 22.8 Å². The molecule has 6 heteroatoms. The van der Waals surface area contributed by atoms with E-state index in [1.807, 2.05) is 24.3 Å². The number of carbonyl (C=O) groups is 1. The Hall–Kier alpha value is -2.99. The van der Waals surface area contributed by atoms with Gasteiger partial charge in [-0.1, -0.05) is 31.4 Å². The van der Waals surface area contributed by atoms with Gasteiger partial charge in [0.15, 0.2) is 11.5 Å². The van der Waals surface area contributed by atoms with Gasteiger partial charge in [-0.25, -0.2) is 4.79 Å². The van der Waals surface area contributed by atoms with Crippen LogP contribution in [-0.4, -0.2) is 40.6 Å². The summed E-state index contributed by atoms with van der Waals surface area (Å²) in [4.78, 5) is 11.7. The molecule has 2 aliphatic rings. The van der Waals surface area contributed by atoms with Gasteiger partial charge in [-0.2, -0.15) is 0 Å². The molecule has 31 heavy (non-hydrogen) atoms. The van der Waals surface area contributed by atoms with Crippen molar-refractivity contribution < 1.29 is 24.5 Å². The molecule has 1 aliphatic carbocycles. The predicted octanol–water partition coefficient (Wildman–Crippen LogP) is 4.82. The van der Waals surface area contributed by atoms with Crippen molar-refractivity contribution in [3.05, 3.63) is 47.5 Å². The van der Waals surface area contributed by atoms with Gasteiger partial charge in [-0.15, -0.1) is 0 Å². The second-order valence-corrected chi connectivity index (χ2v) is 8.55. The third-order valence-electron chi connectivity index (χ3n) is 6.63. The van der Waals surface area contributed by atoms with Crippen LogP contribution in [0.15, 0.2) is 36.4 Å². The lowest BCUT2D eigenvalue weighted by Crippen LogP contribution is -2.26. The molecule has 5 rings (SSSR count). The summed E-state index contributed by atoms with van der Waals surface area (Å²) in [5.41, 5.74) is 4.28. The highest BCUT2D eigenvalue weighted by atomic mass is 16.5. The van der Waals surface area contributed by atoms with Crippen LogP contribution in [0.2, 0.25) is 0 Å². The molecule has 0 spiro atoms. The number of aliphatic hydroxyl groups excluding tert-OH is 1.